The van der Waals surface area contributed by atoms with Crippen LogP contribution >= 0.6 is 0 Å². The molecule has 0 aliphatic rings. The maximum Gasteiger partial charge on any atom is 0.416 e. The van der Waals surface area contributed by atoms with Gasteiger partial charge in [0.15, 0.2) is 0 Å². The smallest absolute Gasteiger partial charge is 0.338 e. The van der Waals surface area contributed by atoms with Gasteiger partial charge in [0.05, 0.1) is 5.56 Å². The molecule has 1 aromatic rings. The summed E-state index contributed by atoms with van der Waals surface area (Å²) in [6.45, 7) is 1.88. The molecule has 0 saturated heterocycles. The third-order valence-corrected chi connectivity index (χ3v) is 2.23. The quantitative estimate of drug-likeness (QED) is 0.781. The molecule has 1 aromatic carbocycles. The summed E-state index contributed by atoms with van der Waals surface area (Å²) in [5, 5.41) is 4.74. The Hall–Kier alpha value is -1.76. The molecule has 0 atom stereocenters. The number of anilines is 1. The Morgan fingerprint density at radius 1 is 1.39 bits per heavy atom. The van der Waals surface area contributed by atoms with E-state index in [1.807, 2.05) is 0 Å². The summed E-state index contributed by atoms with van der Waals surface area (Å²) in [5.74, 6) is 0. The number of carbonyl (C=O) groups is 1. The summed E-state index contributed by atoms with van der Waals surface area (Å²) in [5.41, 5.74) is 4.48. The van der Waals surface area contributed by atoms with Crippen LogP contribution in [-0.2, 0) is 12.7 Å². The number of nitrogens with two attached hydrogens (primary N) is 1. The van der Waals surface area contributed by atoms with Gasteiger partial charge >= 0.3 is 12.2 Å². The number of rotatable bonds is 3. The second-order valence-corrected chi connectivity index (χ2v) is 3.56. The number of benzene rings is 1. The minimum atomic E-state index is -4.49. The van der Waals surface area contributed by atoms with Crippen LogP contribution in [0.2, 0.25) is 0 Å². The second kappa shape index (κ2) is 5.72. The standard InChI is InChI=1S/C11H14F3N3O/c1-2-16-10(18)17-8-4-3-7(6-15)9(5-8)11(12,13)14/h3-5H,2,6,15H2,1H3,(H2,16,17,18). The van der Waals surface area contributed by atoms with Crippen LogP contribution in [0.5, 0.6) is 0 Å². The molecule has 0 radical (unpaired) electrons. The molecule has 4 N–H and O–H groups in total. The lowest BCUT2D eigenvalue weighted by Crippen LogP contribution is -2.28. The van der Waals surface area contributed by atoms with Gasteiger partial charge in [-0.25, -0.2) is 4.79 Å². The molecule has 4 nitrogen and oxygen atoms in total. The Bertz CT molecular complexity index is 432. The zero-order valence-corrected chi connectivity index (χ0v) is 9.77. The highest BCUT2D eigenvalue weighted by atomic mass is 19.4. The van der Waals surface area contributed by atoms with E-state index < -0.39 is 17.8 Å². The molecular formula is C11H14F3N3O. The number of urea groups is 1. The van der Waals surface area contributed by atoms with Gasteiger partial charge in [0, 0.05) is 18.8 Å². The fourth-order valence-corrected chi connectivity index (χ4v) is 1.43. The minimum Gasteiger partial charge on any atom is -0.338 e. The summed E-state index contributed by atoms with van der Waals surface area (Å²) in [6, 6.07) is 2.96. The number of hydrogen-bond donors (Lipinski definition) is 3. The van der Waals surface area contributed by atoms with Gasteiger partial charge in [0.2, 0.25) is 0 Å². The Labute approximate surface area is 102 Å². The number of amides is 2. The van der Waals surface area contributed by atoms with E-state index in [0.29, 0.717) is 6.54 Å². The molecule has 18 heavy (non-hydrogen) atoms. The predicted octanol–water partition coefficient (Wildman–Crippen LogP) is 2.31. The van der Waals surface area contributed by atoms with Crippen molar-refractivity contribution in [3.8, 4) is 0 Å². The predicted molar refractivity (Wildman–Crippen MR) is 62.0 cm³/mol. The van der Waals surface area contributed by atoms with E-state index in [1.165, 1.54) is 12.1 Å². The van der Waals surface area contributed by atoms with Crippen molar-refractivity contribution in [2.75, 3.05) is 11.9 Å². The van der Waals surface area contributed by atoms with E-state index in [9.17, 15) is 18.0 Å². The van der Waals surface area contributed by atoms with E-state index in [2.05, 4.69) is 10.6 Å². The molecule has 0 aliphatic heterocycles. The molecule has 1 rings (SSSR count). The number of nitrogens with one attached hydrogen (secondary N) is 2. The molecule has 0 heterocycles. The molecule has 0 fully saturated rings. The molecule has 0 unspecified atom stereocenters. The van der Waals surface area contributed by atoms with Gasteiger partial charge < -0.3 is 16.4 Å². The lowest BCUT2D eigenvalue weighted by Gasteiger charge is -2.14. The summed E-state index contributed by atoms with van der Waals surface area (Å²) in [7, 11) is 0. The fourth-order valence-electron chi connectivity index (χ4n) is 1.43. The number of alkyl halides is 3. The molecule has 100 valence electrons. The van der Waals surface area contributed by atoms with Gasteiger partial charge in [-0.1, -0.05) is 6.07 Å². The van der Waals surface area contributed by atoms with Crippen molar-refractivity contribution in [3.05, 3.63) is 29.3 Å². The Kier molecular flexibility index (Phi) is 4.55. The average Bonchev–Trinajstić information content (AvgIpc) is 2.28. The lowest BCUT2D eigenvalue weighted by molar-refractivity contribution is -0.138. The van der Waals surface area contributed by atoms with Crippen LogP contribution in [0.3, 0.4) is 0 Å². The first-order chi connectivity index (χ1) is 8.38. The topological polar surface area (TPSA) is 67.2 Å². The molecule has 2 amide bonds. The van der Waals surface area contributed by atoms with Crippen LogP contribution in [-0.4, -0.2) is 12.6 Å². The zero-order valence-electron chi connectivity index (χ0n) is 9.77. The first-order valence-corrected chi connectivity index (χ1v) is 5.33. The van der Waals surface area contributed by atoms with Gasteiger partial charge in [-0.3, -0.25) is 0 Å². The van der Waals surface area contributed by atoms with Crippen molar-refractivity contribution in [1.82, 2.24) is 5.32 Å². The monoisotopic (exact) mass is 261 g/mol. The van der Waals surface area contributed by atoms with Crippen LogP contribution in [0.15, 0.2) is 18.2 Å². The van der Waals surface area contributed by atoms with Crippen molar-refractivity contribution < 1.29 is 18.0 Å². The highest BCUT2D eigenvalue weighted by Crippen LogP contribution is 2.33. The van der Waals surface area contributed by atoms with Crippen molar-refractivity contribution in [3.63, 3.8) is 0 Å². The third-order valence-electron chi connectivity index (χ3n) is 2.23. The fraction of sp³-hybridized carbons (Fsp3) is 0.364. The van der Waals surface area contributed by atoms with Gasteiger partial charge in [-0.15, -0.1) is 0 Å². The van der Waals surface area contributed by atoms with Crippen molar-refractivity contribution in [1.29, 1.82) is 0 Å². The van der Waals surface area contributed by atoms with Crippen LogP contribution in [0.4, 0.5) is 23.7 Å². The summed E-state index contributed by atoms with van der Waals surface area (Å²) < 4.78 is 38.2. The lowest BCUT2D eigenvalue weighted by atomic mass is 10.1. The average molecular weight is 261 g/mol. The number of halogens is 3. The van der Waals surface area contributed by atoms with Crippen LogP contribution in [0.25, 0.3) is 0 Å². The van der Waals surface area contributed by atoms with Gasteiger partial charge in [-0.2, -0.15) is 13.2 Å². The van der Waals surface area contributed by atoms with E-state index in [4.69, 9.17) is 5.73 Å². The van der Waals surface area contributed by atoms with E-state index in [0.717, 1.165) is 6.07 Å². The molecule has 0 saturated carbocycles. The Morgan fingerprint density at radius 2 is 2.06 bits per heavy atom. The van der Waals surface area contributed by atoms with Crippen LogP contribution in [0.1, 0.15) is 18.1 Å². The summed E-state index contributed by atoms with van der Waals surface area (Å²) in [4.78, 5) is 11.2. The van der Waals surface area contributed by atoms with E-state index in [1.54, 1.807) is 6.92 Å². The summed E-state index contributed by atoms with van der Waals surface area (Å²) in [6.07, 6.45) is -4.49. The maximum atomic E-state index is 12.7. The number of carbonyl (C=O) groups excluding carboxylic acids is 1. The highest BCUT2D eigenvalue weighted by Gasteiger charge is 2.33. The van der Waals surface area contributed by atoms with Crippen LogP contribution in [0, 0.1) is 0 Å². The molecule has 0 aromatic heterocycles. The van der Waals surface area contributed by atoms with Crippen molar-refractivity contribution in [2.45, 2.75) is 19.6 Å². The van der Waals surface area contributed by atoms with Crippen molar-refractivity contribution in [2.24, 2.45) is 5.73 Å². The first-order valence-electron chi connectivity index (χ1n) is 5.33. The van der Waals surface area contributed by atoms with E-state index >= 15 is 0 Å². The zero-order chi connectivity index (χ0) is 13.8. The largest absolute Gasteiger partial charge is 0.416 e. The third kappa shape index (κ3) is 3.63. The Morgan fingerprint density at radius 3 is 2.56 bits per heavy atom. The number of hydrogen-bond acceptors (Lipinski definition) is 2. The second-order valence-electron chi connectivity index (χ2n) is 3.56. The van der Waals surface area contributed by atoms with Gasteiger partial charge in [-0.05, 0) is 24.6 Å². The molecule has 0 bridgehead atoms. The van der Waals surface area contributed by atoms with Crippen molar-refractivity contribution >= 4 is 11.7 Å². The van der Waals surface area contributed by atoms with Gasteiger partial charge in [0.1, 0.15) is 0 Å². The van der Waals surface area contributed by atoms with Gasteiger partial charge in [0.25, 0.3) is 0 Å². The highest BCUT2D eigenvalue weighted by molar-refractivity contribution is 5.89. The SMILES string of the molecule is CCNC(=O)Nc1ccc(CN)c(C(F)(F)F)c1. The molecule has 7 heteroatoms. The Balaban J connectivity index is 3.00. The molecular weight excluding hydrogens is 247 g/mol. The normalized spacial score (nSPS) is 11.2. The van der Waals surface area contributed by atoms with Crippen LogP contribution < -0.4 is 16.4 Å². The first kappa shape index (κ1) is 14.3. The molecule has 0 spiro atoms. The summed E-state index contributed by atoms with van der Waals surface area (Å²) >= 11 is 0. The maximum absolute atomic E-state index is 12.7. The minimum absolute atomic E-state index is 0.0102. The molecule has 0 aliphatic carbocycles. The van der Waals surface area contributed by atoms with E-state index in [-0.39, 0.29) is 17.8 Å².